The molecule has 0 amide bonds. The van der Waals surface area contributed by atoms with E-state index in [2.05, 4.69) is 60.1 Å². The van der Waals surface area contributed by atoms with Crippen LogP contribution in [0.2, 0.25) is 0 Å². The van der Waals surface area contributed by atoms with Crippen LogP contribution in [0.25, 0.3) is 22.3 Å². The van der Waals surface area contributed by atoms with Gasteiger partial charge in [0, 0.05) is 48.3 Å². The molecule has 12 atom stereocenters. The number of halogens is 2. The maximum Gasteiger partial charge on any atom is 0.191 e. The molecular formula is C46H58F2N12O7S2. The molecule has 2 aromatic carbocycles. The highest BCUT2D eigenvalue weighted by Gasteiger charge is 2.46. The van der Waals surface area contributed by atoms with Gasteiger partial charge < -0.3 is 46.0 Å². The monoisotopic (exact) mass is 992 g/mol. The number of rotatable bonds is 17. The maximum atomic E-state index is 14.1. The predicted octanol–water partition coefficient (Wildman–Crippen LogP) is 4.35. The van der Waals surface area contributed by atoms with Gasteiger partial charge in [0.25, 0.3) is 0 Å². The quantitative estimate of drug-likeness (QED) is 0.0466. The first-order valence-electron chi connectivity index (χ1n) is 23.5. The summed E-state index contributed by atoms with van der Waals surface area (Å²) in [6.07, 6.45) is -2.29. The Morgan fingerprint density at radius 2 is 1.13 bits per heavy atom. The van der Waals surface area contributed by atoms with Gasteiger partial charge in [-0.05, 0) is 73.9 Å². The van der Waals surface area contributed by atoms with Gasteiger partial charge in [-0.2, -0.15) is 0 Å². The van der Waals surface area contributed by atoms with Gasteiger partial charge in [0.05, 0.1) is 37.5 Å². The molecule has 4 aromatic heterocycles. The zero-order chi connectivity index (χ0) is 48.7. The Morgan fingerprint density at radius 1 is 0.652 bits per heavy atom. The second-order valence-electron chi connectivity index (χ2n) is 18.3. The van der Waals surface area contributed by atoms with E-state index in [9.17, 15) is 34.3 Å². The van der Waals surface area contributed by atoms with Gasteiger partial charge in [-0.3, -0.25) is 0 Å². The molecule has 370 valence electrons. The molecule has 69 heavy (non-hydrogen) atoms. The van der Waals surface area contributed by atoms with Crippen LogP contribution in [0.4, 0.5) is 20.4 Å². The molecule has 0 spiro atoms. The second-order valence-corrected chi connectivity index (χ2v) is 20.4. The number of ether oxygens (including phenoxy) is 1. The Balaban J connectivity index is 0.000000172. The van der Waals surface area contributed by atoms with Crippen LogP contribution in [0.5, 0.6) is 0 Å². The van der Waals surface area contributed by atoms with Gasteiger partial charge in [0.1, 0.15) is 36.1 Å². The molecule has 0 radical (unpaired) electrons. The average molecular weight is 993 g/mol. The van der Waals surface area contributed by atoms with Crippen molar-refractivity contribution in [2.45, 2.75) is 149 Å². The van der Waals surface area contributed by atoms with E-state index < -0.39 is 48.7 Å². The number of anilines is 2. The van der Waals surface area contributed by atoms with Crippen molar-refractivity contribution in [2.75, 3.05) is 35.4 Å². The fraction of sp³-hybridized carbons (Fsp3) is 0.565. The Labute approximate surface area is 404 Å². The number of hydrogen-bond donors (Lipinski definition) is 8. The maximum absolute atomic E-state index is 14.1. The van der Waals surface area contributed by atoms with Gasteiger partial charge >= 0.3 is 0 Å². The normalized spacial score (nSPS) is 28.3. The van der Waals surface area contributed by atoms with Crippen molar-refractivity contribution in [3.63, 3.8) is 0 Å². The number of nitrogens with zero attached hydrogens (tertiary/aromatic N) is 10. The largest absolute Gasteiger partial charge is 0.394 e. The number of aliphatic hydroxyl groups excluding tert-OH is 6. The van der Waals surface area contributed by atoms with Gasteiger partial charge in [-0.1, -0.05) is 72.1 Å². The molecule has 0 saturated heterocycles. The third-order valence-corrected chi connectivity index (χ3v) is 15.3. The lowest BCUT2D eigenvalue weighted by Crippen LogP contribution is -2.33. The van der Waals surface area contributed by atoms with Crippen molar-refractivity contribution in [3.8, 4) is 0 Å². The van der Waals surface area contributed by atoms with Crippen molar-refractivity contribution in [1.82, 2.24) is 49.9 Å². The van der Waals surface area contributed by atoms with Crippen LogP contribution < -0.4 is 10.6 Å². The van der Waals surface area contributed by atoms with Crippen molar-refractivity contribution in [1.29, 1.82) is 0 Å². The summed E-state index contributed by atoms with van der Waals surface area (Å²) in [5.41, 5.74) is 4.97. The number of aryl methyl sites for hydroxylation is 2. The molecule has 19 nitrogen and oxygen atoms in total. The van der Waals surface area contributed by atoms with Crippen molar-refractivity contribution in [2.24, 2.45) is 0 Å². The Kier molecular flexibility index (Phi) is 14.9. The minimum atomic E-state index is -1.25. The molecule has 0 bridgehead atoms. The summed E-state index contributed by atoms with van der Waals surface area (Å²) >= 11 is 3.03. The molecule has 4 aliphatic carbocycles. The van der Waals surface area contributed by atoms with Gasteiger partial charge in [0.2, 0.25) is 0 Å². The van der Waals surface area contributed by atoms with Crippen LogP contribution in [0, 0.1) is 25.5 Å². The molecule has 0 aliphatic heterocycles. The smallest absolute Gasteiger partial charge is 0.191 e. The van der Waals surface area contributed by atoms with Crippen LogP contribution in [0.1, 0.15) is 98.5 Å². The van der Waals surface area contributed by atoms with Gasteiger partial charge in [-0.25, -0.2) is 38.1 Å². The number of fused-ring (bicyclic) bond motifs is 2. The van der Waals surface area contributed by atoms with Crippen molar-refractivity contribution >= 4 is 57.5 Å². The van der Waals surface area contributed by atoms with E-state index in [0.717, 1.165) is 48.3 Å². The van der Waals surface area contributed by atoms with E-state index in [0.29, 0.717) is 61.8 Å². The first kappa shape index (κ1) is 49.3. The summed E-state index contributed by atoms with van der Waals surface area (Å²) < 4.78 is 36.6. The first-order chi connectivity index (χ1) is 33.3. The molecule has 4 aliphatic rings. The molecule has 8 N–H and O–H groups in total. The highest BCUT2D eigenvalue weighted by Crippen LogP contribution is 2.46. The Bertz CT molecular complexity index is 2770. The third-order valence-electron chi connectivity index (χ3n) is 13.2. The summed E-state index contributed by atoms with van der Waals surface area (Å²) in [5, 5.41) is 85.7. The average Bonchev–Trinajstić information content (AvgIpc) is 4.12. The standard InChI is InChI=1S/C24H31FN6O4S.C22H27FN6O3S/c1-3-8-36-24-27-22(26-16-10-14(16)13-5-4-12(2)15(25)9-13)19-23(28-24)31(30-29-19)17-11-18(35-7-6-32)21(34)20(17)33;1-3-6-33-22-25-20(24-14-8-12(14)11-5-4-10(2)13(23)7-11)17-21(26-22)29(28-27-17)15-9-16(30)19(32)18(15)31/h4-5,9,14,16-18,20-21,32-34H,3,6-8,10-11H2,1-2H3,(H,26,27,28);4-5,7,12,14-16,18-19,30-32H,3,6,8-9H2,1-2H3,(H,24,25,26)/t14-,16+,17+,18-,20-,21+;12-,14+,15+,16-,18-,19+/m00/s1. The van der Waals surface area contributed by atoms with Crippen LogP contribution >= 0.6 is 23.5 Å². The van der Waals surface area contributed by atoms with Crippen molar-refractivity contribution in [3.05, 3.63) is 70.3 Å². The highest BCUT2D eigenvalue weighted by atomic mass is 32.2. The minimum Gasteiger partial charge on any atom is -0.394 e. The molecule has 4 heterocycles. The van der Waals surface area contributed by atoms with Gasteiger partial charge in [0.15, 0.2) is 44.3 Å². The summed E-state index contributed by atoms with van der Waals surface area (Å²) in [6, 6.07) is 9.62. The Hall–Kier alpha value is -4.72. The Morgan fingerprint density at radius 3 is 1.57 bits per heavy atom. The summed E-state index contributed by atoms with van der Waals surface area (Å²) in [7, 11) is 0. The predicted molar refractivity (Wildman–Crippen MR) is 254 cm³/mol. The lowest BCUT2D eigenvalue weighted by atomic mass is 10.1. The number of aliphatic hydroxyl groups is 6. The zero-order valence-corrected chi connectivity index (χ0v) is 40.2. The number of thioether (sulfide) groups is 2. The van der Waals surface area contributed by atoms with E-state index in [1.54, 1.807) is 38.1 Å². The fourth-order valence-electron chi connectivity index (χ4n) is 9.07. The zero-order valence-electron chi connectivity index (χ0n) is 38.6. The van der Waals surface area contributed by atoms with Crippen LogP contribution in [-0.4, -0.2) is 154 Å². The molecule has 23 heteroatoms. The van der Waals surface area contributed by atoms with E-state index in [1.807, 2.05) is 12.1 Å². The van der Waals surface area contributed by atoms with E-state index >= 15 is 0 Å². The lowest BCUT2D eigenvalue weighted by molar-refractivity contribution is -0.0629. The summed E-state index contributed by atoms with van der Waals surface area (Å²) in [4.78, 5) is 18.6. The van der Waals surface area contributed by atoms with Crippen molar-refractivity contribution < 1.29 is 44.2 Å². The number of benzene rings is 2. The summed E-state index contributed by atoms with van der Waals surface area (Å²) in [6.45, 7) is 7.55. The number of aromatic nitrogens is 10. The van der Waals surface area contributed by atoms with E-state index in [4.69, 9.17) is 14.8 Å². The number of nitrogens with one attached hydrogen (secondary N) is 2. The molecule has 6 aromatic rings. The third kappa shape index (κ3) is 10.4. The van der Waals surface area contributed by atoms with E-state index in [1.165, 1.54) is 32.9 Å². The molecular weight excluding hydrogens is 935 g/mol. The second kappa shape index (κ2) is 20.9. The summed E-state index contributed by atoms with van der Waals surface area (Å²) in [5.74, 6) is 2.69. The minimum absolute atomic E-state index is 0.0702. The van der Waals surface area contributed by atoms with Crippen LogP contribution in [0.15, 0.2) is 46.7 Å². The molecule has 4 saturated carbocycles. The lowest BCUT2D eigenvalue weighted by Gasteiger charge is -2.17. The molecule has 10 rings (SSSR count). The highest BCUT2D eigenvalue weighted by molar-refractivity contribution is 7.99. The van der Waals surface area contributed by atoms with Crippen LogP contribution in [-0.2, 0) is 4.74 Å². The first-order valence-corrected chi connectivity index (χ1v) is 25.4. The van der Waals surface area contributed by atoms with E-state index in [-0.39, 0.29) is 55.2 Å². The molecule has 0 unspecified atom stereocenters. The SMILES string of the molecule is CCCSc1nc(N[C@@H]2C[C@H]2c2ccc(C)c(F)c2)c2nnn([C@@H]3C[C@H](O)[C@@H](O)[C@H]3O)c2n1.CCCSc1nc(N[C@@H]2C[C@H]2c2ccc(C)c(F)c2)c2nnn([C@@H]3C[C@H](OCCO)[C@@H](O)[C@H]3O)c2n1. The fourth-order valence-corrected chi connectivity index (χ4v) is 10.5. The topological polar surface area (TPSA) is 268 Å². The number of hydrogen-bond acceptors (Lipinski definition) is 19. The van der Waals surface area contributed by atoms with Crippen LogP contribution in [0.3, 0.4) is 0 Å². The molecule has 4 fully saturated rings. The van der Waals surface area contributed by atoms with Gasteiger partial charge in [-0.15, -0.1) is 10.2 Å².